The van der Waals surface area contributed by atoms with E-state index in [2.05, 4.69) is 37.2 Å². The van der Waals surface area contributed by atoms with Gasteiger partial charge in [-0.2, -0.15) is 0 Å². The third kappa shape index (κ3) is 4.00. The van der Waals surface area contributed by atoms with Crippen LogP contribution in [0, 0.1) is 0 Å². The Bertz CT molecular complexity index is 842. The van der Waals surface area contributed by atoms with Crippen molar-refractivity contribution >= 4 is 34.7 Å². The summed E-state index contributed by atoms with van der Waals surface area (Å²) in [6.45, 7) is 2.88. The van der Waals surface area contributed by atoms with Crippen LogP contribution in [-0.4, -0.2) is 31.3 Å². The Balaban J connectivity index is 2.10. The minimum absolute atomic E-state index is 0.178. The molecule has 0 radical (unpaired) electrons. The maximum absolute atomic E-state index is 12.2. The molecule has 1 aliphatic heterocycles. The van der Waals surface area contributed by atoms with E-state index in [1.54, 1.807) is 11.8 Å². The van der Waals surface area contributed by atoms with E-state index in [9.17, 15) is 4.79 Å². The van der Waals surface area contributed by atoms with Crippen LogP contribution in [-0.2, 0) is 0 Å². The molecule has 0 saturated carbocycles. The van der Waals surface area contributed by atoms with Crippen LogP contribution in [0.1, 0.15) is 41.3 Å². The van der Waals surface area contributed by atoms with Crippen LogP contribution in [0.25, 0.3) is 5.57 Å². The van der Waals surface area contributed by atoms with Crippen LogP contribution in [0.5, 0.6) is 0 Å². The Kier molecular flexibility index (Phi) is 5.67. The van der Waals surface area contributed by atoms with Crippen molar-refractivity contribution in [2.75, 3.05) is 20.6 Å². The number of ketones is 1. The standard InChI is InChI=1S/C21H22ClNOS/c1-4-19(24)14-7-9-20-17(12-14)16(6-5-11-23(2)3)18-13-15(22)8-10-21(18)25-20/h6-10,12-13H,4-5,11H2,1-3H3/b16-6+. The summed E-state index contributed by atoms with van der Waals surface area (Å²) in [7, 11) is 4.15. The second-order valence-corrected chi connectivity index (χ2v) is 7.96. The van der Waals surface area contributed by atoms with Crippen molar-refractivity contribution in [3.8, 4) is 0 Å². The zero-order chi connectivity index (χ0) is 18.0. The first-order chi connectivity index (χ1) is 12.0. The summed E-state index contributed by atoms with van der Waals surface area (Å²) in [6, 6.07) is 12.1. The third-order valence-electron chi connectivity index (χ3n) is 4.29. The van der Waals surface area contributed by atoms with Gasteiger partial charge in [-0.3, -0.25) is 4.79 Å². The lowest BCUT2D eigenvalue weighted by Crippen LogP contribution is -2.12. The van der Waals surface area contributed by atoms with E-state index < -0.39 is 0 Å². The molecule has 0 amide bonds. The normalized spacial score (nSPS) is 14.5. The lowest BCUT2D eigenvalue weighted by molar-refractivity contribution is 0.0988. The number of carbonyl (C=O) groups excluding carboxylic acids is 1. The molecule has 2 nitrogen and oxygen atoms in total. The van der Waals surface area contributed by atoms with Crippen molar-refractivity contribution in [3.05, 3.63) is 64.2 Å². The summed E-state index contributed by atoms with van der Waals surface area (Å²) in [4.78, 5) is 16.7. The first-order valence-electron chi connectivity index (χ1n) is 8.50. The van der Waals surface area contributed by atoms with E-state index >= 15 is 0 Å². The molecule has 25 heavy (non-hydrogen) atoms. The minimum atomic E-state index is 0.178. The average Bonchev–Trinajstić information content (AvgIpc) is 2.60. The molecular formula is C21H22ClNOS. The maximum atomic E-state index is 12.2. The second-order valence-electron chi connectivity index (χ2n) is 6.44. The van der Waals surface area contributed by atoms with Crippen molar-refractivity contribution in [2.24, 2.45) is 0 Å². The molecule has 2 aromatic carbocycles. The fourth-order valence-electron chi connectivity index (χ4n) is 2.96. The quantitative estimate of drug-likeness (QED) is 0.530. The summed E-state index contributed by atoms with van der Waals surface area (Å²) < 4.78 is 0. The van der Waals surface area contributed by atoms with Gasteiger partial charge in [-0.25, -0.2) is 0 Å². The van der Waals surface area contributed by atoms with Crippen molar-refractivity contribution in [1.82, 2.24) is 4.90 Å². The molecule has 0 fully saturated rings. The molecule has 0 aromatic heterocycles. The lowest BCUT2D eigenvalue weighted by atomic mass is 9.93. The SMILES string of the molecule is CCC(=O)c1ccc2c(c1)/C(=C\CCN(C)C)c1cc(Cl)ccc1S2. The Hall–Kier alpha value is -1.55. The van der Waals surface area contributed by atoms with Gasteiger partial charge < -0.3 is 4.90 Å². The molecule has 0 bridgehead atoms. The molecule has 0 atom stereocenters. The highest BCUT2D eigenvalue weighted by atomic mass is 35.5. The number of halogens is 1. The Morgan fingerprint density at radius 1 is 1.12 bits per heavy atom. The summed E-state index contributed by atoms with van der Waals surface area (Å²) in [5, 5.41) is 0.738. The van der Waals surface area contributed by atoms with Gasteiger partial charge in [0.1, 0.15) is 0 Å². The number of fused-ring (bicyclic) bond motifs is 2. The summed E-state index contributed by atoms with van der Waals surface area (Å²) in [5.41, 5.74) is 4.26. The molecule has 0 N–H and O–H groups in total. The monoisotopic (exact) mass is 371 g/mol. The Morgan fingerprint density at radius 2 is 1.80 bits per heavy atom. The Labute approximate surface area is 158 Å². The van der Waals surface area contributed by atoms with Crippen molar-refractivity contribution in [2.45, 2.75) is 29.6 Å². The molecule has 2 aromatic rings. The number of rotatable bonds is 5. The summed E-state index contributed by atoms with van der Waals surface area (Å²) in [6.07, 6.45) is 3.74. The van der Waals surface area contributed by atoms with E-state index in [0.29, 0.717) is 6.42 Å². The van der Waals surface area contributed by atoms with Gasteiger partial charge in [0.25, 0.3) is 0 Å². The van der Waals surface area contributed by atoms with Gasteiger partial charge in [-0.15, -0.1) is 0 Å². The molecule has 4 heteroatoms. The van der Waals surface area contributed by atoms with E-state index in [0.717, 1.165) is 34.7 Å². The fourth-order valence-corrected chi connectivity index (χ4v) is 4.20. The Morgan fingerprint density at radius 3 is 2.48 bits per heavy atom. The lowest BCUT2D eigenvalue weighted by Gasteiger charge is -2.23. The summed E-state index contributed by atoms with van der Waals surface area (Å²) >= 11 is 8.00. The van der Waals surface area contributed by atoms with Crippen LogP contribution in [0.15, 0.2) is 52.3 Å². The zero-order valence-corrected chi connectivity index (χ0v) is 16.4. The molecule has 1 heterocycles. The highest BCUT2D eigenvalue weighted by Gasteiger charge is 2.22. The highest BCUT2D eigenvalue weighted by Crippen LogP contribution is 2.46. The van der Waals surface area contributed by atoms with E-state index in [-0.39, 0.29) is 5.78 Å². The van der Waals surface area contributed by atoms with Gasteiger partial charge >= 0.3 is 0 Å². The molecule has 3 rings (SSSR count). The smallest absolute Gasteiger partial charge is 0.162 e. The van der Waals surface area contributed by atoms with Crippen LogP contribution in [0.3, 0.4) is 0 Å². The van der Waals surface area contributed by atoms with Crippen LogP contribution < -0.4 is 0 Å². The van der Waals surface area contributed by atoms with Gasteiger partial charge in [-0.1, -0.05) is 42.4 Å². The van der Waals surface area contributed by atoms with Gasteiger partial charge in [0.05, 0.1) is 0 Å². The van der Waals surface area contributed by atoms with Crippen molar-refractivity contribution in [1.29, 1.82) is 0 Å². The molecule has 0 spiro atoms. The molecule has 0 unspecified atom stereocenters. The van der Waals surface area contributed by atoms with Crippen molar-refractivity contribution in [3.63, 3.8) is 0 Å². The van der Waals surface area contributed by atoms with E-state index in [1.165, 1.54) is 15.4 Å². The number of carbonyl (C=O) groups is 1. The number of Topliss-reactive ketones (excluding diaryl/α,β-unsaturated/α-hetero) is 1. The molecule has 1 aliphatic rings. The minimum Gasteiger partial charge on any atom is -0.309 e. The highest BCUT2D eigenvalue weighted by molar-refractivity contribution is 7.99. The van der Waals surface area contributed by atoms with Crippen LogP contribution in [0.4, 0.5) is 0 Å². The number of hydrogen-bond donors (Lipinski definition) is 0. The van der Waals surface area contributed by atoms with E-state index in [1.807, 2.05) is 31.2 Å². The van der Waals surface area contributed by atoms with Gasteiger partial charge in [0.15, 0.2) is 5.78 Å². The van der Waals surface area contributed by atoms with Gasteiger partial charge in [0, 0.05) is 33.3 Å². The maximum Gasteiger partial charge on any atom is 0.162 e. The summed E-state index contributed by atoms with van der Waals surface area (Å²) in [5.74, 6) is 0.178. The molecule has 130 valence electrons. The number of benzene rings is 2. The van der Waals surface area contributed by atoms with E-state index in [4.69, 9.17) is 11.6 Å². The molecule has 0 aliphatic carbocycles. The zero-order valence-electron chi connectivity index (χ0n) is 14.8. The topological polar surface area (TPSA) is 20.3 Å². The predicted molar refractivity (Wildman–Crippen MR) is 107 cm³/mol. The fraction of sp³-hybridized carbons (Fsp3) is 0.286. The first kappa shape index (κ1) is 18.2. The largest absolute Gasteiger partial charge is 0.309 e. The average molecular weight is 372 g/mol. The second kappa shape index (κ2) is 7.77. The third-order valence-corrected chi connectivity index (χ3v) is 5.68. The van der Waals surface area contributed by atoms with Crippen molar-refractivity contribution < 1.29 is 4.79 Å². The number of nitrogens with zero attached hydrogens (tertiary/aromatic N) is 1. The predicted octanol–water partition coefficient (Wildman–Crippen LogP) is 5.78. The molecule has 0 saturated heterocycles. The molecular weight excluding hydrogens is 350 g/mol. The van der Waals surface area contributed by atoms with Gasteiger partial charge in [0.2, 0.25) is 0 Å². The van der Waals surface area contributed by atoms with Crippen LogP contribution >= 0.6 is 23.4 Å². The first-order valence-corrected chi connectivity index (χ1v) is 9.69. The number of hydrogen-bond acceptors (Lipinski definition) is 3. The van der Waals surface area contributed by atoms with Gasteiger partial charge in [-0.05, 0) is 67.5 Å². The van der Waals surface area contributed by atoms with Crippen LogP contribution in [0.2, 0.25) is 5.02 Å².